The molecule has 34 heavy (non-hydrogen) atoms. The fourth-order valence-electron chi connectivity index (χ4n) is 6.40. The summed E-state index contributed by atoms with van der Waals surface area (Å²) in [5, 5.41) is 12.0. The van der Waals surface area contributed by atoms with E-state index in [1.54, 1.807) is 32.9 Å². The molecular formula is C25H30O8S. The van der Waals surface area contributed by atoms with E-state index in [1.165, 1.54) is 6.07 Å². The molecule has 3 aliphatic rings. The summed E-state index contributed by atoms with van der Waals surface area (Å²) in [5.41, 5.74) is -2.26. The highest BCUT2D eigenvalue weighted by atomic mass is 32.2. The fourth-order valence-corrected chi connectivity index (χ4v) is 8.40. The second-order valence-electron chi connectivity index (χ2n) is 11.1. The molecule has 0 radical (unpaired) electrons. The molecule has 0 amide bonds. The smallest absolute Gasteiger partial charge is 0.336 e. The first kappa shape index (κ1) is 23.5. The average molecular weight is 491 g/mol. The highest BCUT2D eigenvalue weighted by Crippen LogP contribution is 2.64. The van der Waals surface area contributed by atoms with Crippen molar-refractivity contribution < 1.29 is 31.7 Å². The van der Waals surface area contributed by atoms with E-state index in [2.05, 4.69) is 0 Å². The summed E-state index contributed by atoms with van der Waals surface area (Å²) in [6.45, 7) is 8.92. The maximum absolute atomic E-state index is 13.4. The van der Waals surface area contributed by atoms with Gasteiger partial charge in [-0.3, -0.25) is 8.98 Å². The van der Waals surface area contributed by atoms with Crippen molar-refractivity contribution in [1.29, 1.82) is 0 Å². The lowest BCUT2D eigenvalue weighted by molar-refractivity contribution is -0.128. The molecule has 2 saturated carbocycles. The van der Waals surface area contributed by atoms with Gasteiger partial charge in [-0.25, -0.2) is 4.79 Å². The minimum Gasteiger partial charge on any atom is -0.484 e. The molecule has 5 rings (SSSR count). The van der Waals surface area contributed by atoms with Crippen LogP contribution in [0, 0.1) is 23.7 Å². The zero-order valence-electron chi connectivity index (χ0n) is 20.0. The average Bonchev–Trinajstić information content (AvgIpc) is 3.04. The Morgan fingerprint density at radius 3 is 2.50 bits per heavy atom. The van der Waals surface area contributed by atoms with Gasteiger partial charge in [-0.1, -0.05) is 13.8 Å². The quantitative estimate of drug-likeness (QED) is 0.511. The van der Waals surface area contributed by atoms with Crippen molar-refractivity contribution >= 4 is 26.9 Å². The van der Waals surface area contributed by atoms with Gasteiger partial charge in [0.1, 0.15) is 34.9 Å². The van der Waals surface area contributed by atoms with Crippen LogP contribution < -0.4 is 10.4 Å². The number of Topliss-reactive ketones (excluding diaryl/α,β-unsaturated/α-hetero) is 1. The third kappa shape index (κ3) is 3.20. The monoisotopic (exact) mass is 490 g/mol. The molecule has 2 aromatic rings. The Kier molecular flexibility index (Phi) is 4.94. The predicted molar refractivity (Wildman–Crippen MR) is 124 cm³/mol. The molecule has 1 aromatic heterocycles. The predicted octanol–water partition coefficient (Wildman–Crippen LogP) is 3.42. The Hall–Kier alpha value is -2.23. The molecule has 9 heteroatoms. The summed E-state index contributed by atoms with van der Waals surface area (Å²) in [4.78, 5) is 24.9. The number of aryl methyl sites for hydroxylation is 1. The molecular weight excluding hydrogens is 460 g/mol. The molecule has 0 spiro atoms. The number of hydrogen-bond donors (Lipinski definition) is 1. The number of fused-ring (bicyclic) bond motifs is 5. The fraction of sp³-hybridized carbons (Fsp3) is 0.600. The summed E-state index contributed by atoms with van der Waals surface area (Å²) in [6.07, 6.45) is -1.04. The summed E-state index contributed by atoms with van der Waals surface area (Å²) < 4.78 is 43.8. The Labute approximate surface area is 198 Å². The number of hydrogen-bond acceptors (Lipinski definition) is 8. The summed E-state index contributed by atoms with van der Waals surface area (Å²) in [6, 6.07) is 4.75. The van der Waals surface area contributed by atoms with Crippen molar-refractivity contribution in [2.75, 3.05) is 5.75 Å². The highest BCUT2D eigenvalue weighted by molar-refractivity contribution is 7.86. The molecule has 1 N–H and O–H groups in total. The van der Waals surface area contributed by atoms with E-state index in [0.29, 0.717) is 29.5 Å². The van der Waals surface area contributed by atoms with Crippen LogP contribution in [0.25, 0.3) is 11.0 Å². The number of ether oxygens (including phenoxy) is 1. The number of carbonyl (C=O) groups is 1. The maximum Gasteiger partial charge on any atom is 0.336 e. The van der Waals surface area contributed by atoms with Gasteiger partial charge in [0.2, 0.25) is 0 Å². The van der Waals surface area contributed by atoms with Gasteiger partial charge in [0.05, 0.1) is 16.7 Å². The zero-order valence-corrected chi connectivity index (χ0v) is 20.8. The van der Waals surface area contributed by atoms with Crippen molar-refractivity contribution in [2.45, 2.75) is 71.7 Å². The number of carbonyl (C=O) groups excluding carboxylic acids is 1. The Bertz CT molecular complexity index is 1370. The maximum atomic E-state index is 13.4. The Morgan fingerprint density at radius 1 is 1.18 bits per heavy atom. The standard InChI is InChI=1S/C25H30O8S/c1-13-10-18(27)31-21-15(13)6-7-16-19(21)20(28)22(24(4,5)32-16)33-34(29,30)12-25-9-8-14(11-17(25)26)23(25,2)3/h6-7,10,14,20,22,28H,8-9,11-12H2,1-5H3/t14-,20-,22-,25-/m1/s1. The van der Waals surface area contributed by atoms with Crippen molar-refractivity contribution in [2.24, 2.45) is 16.7 Å². The van der Waals surface area contributed by atoms with Gasteiger partial charge < -0.3 is 14.3 Å². The SMILES string of the molecule is Cc1cc(=O)oc2c3c(ccc12)OC(C)(C)[C@H](OS(=O)(=O)C[C@]12CC[C@H](CC1=O)C2(C)C)[C@@H]3O. The molecule has 184 valence electrons. The van der Waals surface area contributed by atoms with Gasteiger partial charge in [-0.05, 0) is 62.6 Å². The van der Waals surface area contributed by atoms with E-state index in [9.17, 15) is 23.1 Å². The van der Waals surface area contributed by atoms with Crippen molar-refractivity contribution in [1.82, 2.24) is 0 Å². The van der Waals surface area contributed by atoms with E-state index >= 15 is 0 Å². The number of aliphatic hydroxyl groups is 1. The van der Waals surface area contributed by atoms with Crippen LogP contribution in [0.5, 0.6) is 5.75 Å². The van der Waals surface area contributed by atoms with E-state index in [-0.39, 0.29) is 22.8 Å². The zero-order chi connectivity index (χ0) is 24.8. The minimum absolute atomic E-state index is 0.0331. The third-order valence-electron chi connectivity index (χ3n) is 8.57. The molecule has 4 atom stereocenters. The number of benzene rings is 1. The normalized spacial score (nSPS) is 31.5. The number of aliphatic hydroxyl groups excluding tert-OH is 1. The number of rotatable bonds is 4. The van der Waals surface area contributed by atoms with Crippen LogP contribution in [0.4, 0.5) is 0 Å². The summed E-state index contributed by atoms with van der Waals surface area (Å²) in [7, 11) is -4.24. The van der Waals surface area contributed by atoms with Gasteiger partial charge >= 0.3 is 5.63 Å². The molecule has 8 nitrogen and oxygen atoms in total. The third-order valence-corrected chi connectivity index (χ3v) is 9.92. The van der Waals surface area contributed by atoms with Crippen molar-refractivity contribution in [3.63, 3.8) is 0 Å². The van der Waals surface area contributed by atoms with E-state index in [0.717, 1.165) is 6.42 Å². The largest absolute Gasteiger partial charge is 0.484 e. The van der Waals surface area contributed by atoms with Crippen LogP contribution >= 0.6 is 0 Å². The lowest BCUT2D eigenvalue weighted by Crippen LogP contribution is -2.52. The topological polar surface area (TPSA) is 120 Å². The lowest BCUT2D eigenvalue weighted by atomic mass is 9.70. The molecule has 1 aliphatic heterocycles. The van der Waals surface area contributed by atoms with Gasteiger partial charge in [-0.15, -0.1) is 0 Å². The highest BCUT2D eigenvalue weighted by Gasteiger charge is 2.66. The van der Waals surface area contributed by atoms with Crippen LogP contribution in [-0.4, -0.2) is 36.8 Å². The second-order valence-corrected chi connectivity index (χ2v) is 12.7. The first-order chi connectivity index (χ1) is 15.7. The van der Waals surface area contributed by atoms with Crippen LogP contribution in [-0.2, 0) is 19.1 Å². The van der Waals surface area contributed by atoms with E-state index < -0.39 is 50.1 Å². The van der Waals surface area contributed by atoms with Crippen LogP contribution in [0.3, 0.4) is 0 Å². The Morgan fingerprint density at radius 2 is 1.88 bits per heavy atom. The van der Waals surface area contributed by atoms with Gasteiger partial charge in [-0.2, -0.15) is 8.42 Å². The number of ketones is 1. The van der Waals surface area contributed by atoms with Gasteiger partial charge in [0.15, 0.2) is 0 Å². The van der Waals surface area contributed by atoms with Crippen LogP contribution in [0.15, 0.2) is 27.4 Å². The molecule has 1 aromatic carbocycles. The van der Waals surface area contributed by atoms with Crippen LogP contribution in [0.2, 0.25) is 0 Å². The van der Waals surface area contributed by atoms with E-state index in [1.807, 2.05) is 13.8 Å². The molecule has 2 fully saturated rings. The molecule has 0 saturated heterocycles. The first-order valence-electron chi connectivity index (χ1n) is 11.6. The molecule has 2 bridgehead atoms. The van der Waals surface area contributed by atoms with E-state index in [4.69, 9.17) is 13.3 Å². The molecule has 2 aliphatic carbocycles. The minimum atomic E-state index is -4.24. The lowest BCUT2D eigenvalue weighted by Gasteiger charge is -2.42. The van der Waals surface area contributed by atoms with Gasteiger partial charge in [0.25, 0.3) is 10.1 Å². The molecule has 0 unspecified atom stereocenters. The summed E-state index contributed by atoms with van der Waals surface area (Å²) in [5.74, 6) is -0.00716. The van der Waals surface area contributed by atoms with Crippen molar-refractivity contribution in [3.05, 3.63) is 39.7 Å². The van der Waals surface area contributed by atoms with Crippen LogP contribution in [0.1, 0.15) is 64.2 Å². The Balaban J connectivity index is 1.53. The molecule has 2 heterocycles. The summed E-state index contributed by atoms with van der Waals surface area (Å²) >= 11 is 0. The first-order valence-corrected chi connectivity index (χ1v) is 13.1. The van der Waals surface area contributed by atoms with Gasteiger partial charge in [0, 0.05) is 17.9 Å². The second kappa shape index (κ2) is 7.15. The van der Waals surface area contributed by atoms with Crippen molar-refractivity contribution in [3.8, 4) is 5.75 Å².